The topological polar surface area (TPSA) is 12.0 Å². The van der Waals surface area contributed by atoms with E-state index in [0.29, 0.717) is 6.04 Å². The highest BCUT2D eigenvalue weighted by molar-refractivity contribution is 6.30. The molecule has 0 aromatic heterocycles. The lowest BCUT2D eigenvalue weighted by Crippen LogP contribution is -2.39. The number of nitrogens with one attached hydrogen (secondary N) is 1. The number of hydrogen-bond acceptors (Lipinski definition) is 1. The Balaban J connectivity index is 2.02. The van der Waals surface area contributed by atoms with E-state index in [9.17, 15) is 0 Å². The third-order valence-electron chi connectivity index (χ3n) is 4.47. The summed E-state index contributed by atoms with van der Waals surface area (Å²) in [6.07, 6.45) is 6.52. The maximum Gasteiger partial charge on any atom is 0.0406 e. The summed E-state index contributed by atoms with van der Waals surface area (Å²) in [5.41, 5.74) is 1.40. The second kappa shape index (κ2) is 7.31. The van der Waals surface area contributed by atoms with Crippen molar-refractivity contribution in [3.05, 3.63) is 34.9 Å². The van der Waals surface area contributed by atoms with Crippen molar-refractivity contribution in [1.29, 1.82) is 0 Å². The zero-order valence-corrected chi connectivity index (χ0v) is 12.9. The van der Waals surface area contributed by atoms with Gasteiger partial charge in [-0.25, -0.2) is 0 Å². The SMILES string of the molecule is CCCNC(Cc1ccc(Cl)cc1)C1CCCC1C. The highest BCUT2D eigenvalue weighted by Gasteiger charge is 2.30. The molecular formula is C17H26ClN. The predicted molar refractivity (Wildman–Crippen MR) is 83.7 cm³/mol. The van der Waals surface area contributed by atoms with Gasteiger partial charge < -0.3 is 5.32 Å². The monoisotopic (exact) mass is 279 g/mol. The lowest BCUT2D eigenvalue weighted by Gasteiger charge is -2.28. The molecule has 0 saturated heterocycles. The van der Waals surface area contributed by atoms with Crippen molar-refractivity contribution in [2.75, 3.05) is 6.54 Å². The maximum atomic E-state index is 5.97. The number of benzene rings is 1. The van der Waals surface area contributed by atoms with Gasteiger partial charge in [0.2, 0.25) is 0 Å². The molecular weight excluding hydrogens is 254 g/mol. The fourth-order valence-corrected chi connectivity index (χ4v) is 3.48. The van der Waals surface area contributed by atoms with E-state index in [1.54, 1.807) is 0 Å². The summed E-state index contributed by atoms with van der Waals surface area (Å²) >= 11 is 5.97. The Kier molecular flexibility index (Phi) is 5.72. The molecule has 0 bridgehead atoms. The van der Waals surface area contributed by atoms with Gasteiger partial charge in [0, 0.05) is 11.1 Å². The second-order valence-corrected chi connectivity index (χ2v) is 6.40. The van der Waals surface area contributed by atoms with E-state index in [1.165, 1.54) is 31.2 Å². The third-order valence-corrected chi connectivity index (χ3v) is 4.72. The van der Waals surface area contributed by atoms with Crippen LogP contribution in [0.15, 0.2) is 24.3 Å². The molecule has 106 valence electrons. The summed E-state index contributed by atoms with van der Waals surface area (Å²) in [6, 6.07) is 8.97. The first-order valence-electron chi connectivity index (χ1n) is 7.68. The van der Waals surface area contributed by atoms with Gasteiger partial charge in [-0.1, -0.05) is 50.4 Å². The molecule has 1 saturated carbocycles. The lowest BCUT2D eigenvalue weighted by molar-refractivity contribution is 0.295. The molecule has 3 unspecified atom stereocenters. The van der Waals surface area contributed by atoms with Crippen molar-refractivity contribution in [3.63, 3.8) is 0 Å². The zero-order chi connectivity index (χ0) is 13.7. The molecule has 1 aliphatic carbocycles. The Labute approximate surface area is 122 Å². The Morgan fingerprint density at radius 2 is 2.00 bits per heavy atom. The van der Waals surface area contributed by atoms with E-state index in [-0.39, 0.29) is 0 Å². The first kappa shape index (κ1) is 14.9. The first-order valence-corrected chi connectivity index (χ1v) is 8.06. The van der Waals surface area contributed by atoms with Gasteiger partial charge in [-0.05, 0) is 55.3 Å². The van der Waals surface area contributed by atoms with E-state index in [0.717, 1.165) is 29.8 Å². The number of rotatable bonds is 6. The maximum absolute atomic E-state index is 5.97. The molecule has 1 aromatic carbocycles. The van der Waals surface area contributed by atoms with E-state index in [2.05, 4.69) is 31.3 Å². The molecule has 2 heteroatoms. The van der Waals surface area contributed by atoms with Gasteiger partial charge >= 0.3 is 0 Å². The summed E-state index contributed by atoms with van der Waals surface area (Å²) < 4.78 is 0. The van der Waals surface area contributed by atoms with Gasteiger partial charge in [0.15, 0.2) is 0 Å². The molecule has 1 N–H and O–H groups in total. The largest absolute Gasteiger partial charge is 0.313 e. The molecule has 1 aliphatic rings. The van der Waals surface area contributed by atoms with Gasteiger partial charge in [-0.2, -0.15) is 0 Å². The molecule has 0 amide bonds. The summed E-state index contributed by atoms with van der Waals surface area (Å²) in [6.45, 7) is 5.78. The summed E-state index contributed by atoms with van der Waals surface area (Å²) in [5, 5.41) is 4.60. The molecule has 2 rings (SSSR count). The molecule has 1 fully saturated rings. The van der Waals surface area contributed by atoms with Crippen LogP contribution in [-0.4, -0.2) is 12.6 Å². The van der Waals surface area contributed by atoms with Gasteiger partial charge in [0.05, 0.1) is 0 Å². The second-order valence-electron chi connectivity index (χ2n) is 5.96. The standard InChI is InChI=1S/C17H26ClN/c1-3-11-19-17(16-6-4-5-13(16)2)12-14-7-9-15(18)10-8-14/h7-10,13,16-17,19H,3-6,11-12H2,1-2H3. The predicted octanol–water partition coefficient (Wildman–Crippen LogP) is 4.69. The van der Waals surface area contributed by atoms with Gasteiger partial charge in [0.1, 0.15) is 0 Å². The van der Waals surface area contributed by atoms with Crippen LogP contribution in [-0.2, 0) is 6.42 Å². The van der Waals surface area contributed by atoms with Crippen molar-refractivity contribution < 1.29 is 0 Å². The average molecular weight is 280 g/mol. The van der Waals surface area contributed by atoms with Crippen molar-refractivity contribution in [2.24, 2.45) is 11.8 Å². The van der Waals surface area contributed by atoms with Crippen LogP contribution in [0.25, 0.3) is 0 Å². The van der Waals surface area contributed by atoms with Crippen LogP contribution < -0.4 is 5.32 Å². The van der Waals surface area contributed by atoms with Gasteiger partial charge in [-0.15, -0.1) is 0 Å². The van der Waals surface area contributed by atoms with Gasteiger partial charge in [-0.3, -0.25) is 0 Å². The fraction of sp³-hybridized carbons (Fsp3) is 0.647. The fourth-order valence-electron chi connectivity index (χ4n) is 3.35. The van der Waals surface area contributed by atoms with Crippen molar-refractivity contribution in [1.82, 2.24) is 5.32 Å². The molecule has 1 nitrogen and oxygen atoms in total. The summed E-state index contributed by atoms with van der Waals surface area (Å²) in [4.78, 5) is 0. The number of hydrogen-bond donors (Lipinski definition) is 1. The minimum Gasteiger partial charge on any atom is -0.313 e. The highest BCUT2D eigenvalue weighted by Crippen LogP contribution is 2.34. The minimum atomic E-state index is 0.624. The van der Waals surface area contributed by atoms with Crippen LogP contribution in [0.2, 0.25) is 5.02 Å². The van der Waals surface area contributed by atoms with Crippen molar-refractivity contribution >= 4 is 11.6 Å². The molecule has 0 heterocycles. The normalized spacial score (nSPS) is 24.6. The summed E-state index contributed by atoms with van der Waals surface area (Å²) in [7, 11) is 0. The van der Waals surface area contributed by atoms with Crippen LogP contribution >= 0.6 is 11.6 Å². The Morgan fingerprint density at radius 3 is 2.58 bits per heavy atom. The molecule has 19 heavy (non-hydrogen) atoms. The Bertz CT molecular complexity index is 373. The van der Waals surface area contributed by atoms with Crippen LogP contribution in [0.1, 0.15) is 45.1 Å². The van der Waals surface area contributed by atoms with Crippen molar-refractivity contribution in [2.45, 2.75) is 52.0 Å². The number of halogens is 1. The highest BCUT2D eigenvalue weighted by atomic mass is 35.5. The van der Waals surface area contributed by atoms with E-state index >= 15 is 0 Å². The Morgan fingerprint density at radius 1 is 1.26 bits per heavy atom. The van der Waals surface area contributed by atoms with Crippen LogP contribution in [0.5, 0.6) is 0 Å². The van der Waals surface area contributed by atoms with Crippen molar-refractivity contribution in [3.8, 4) is 0 Å². The minimum absolute atomic E-state index is 0.624. The quantitative estimate of drug-likeness (QED) is 0.797. The molecule has 0 radical (unpaired) electrons. The Hall–Kier alpha value is -0.530. The third kappa shape index (κ3) is 4.22. The van der Waals surface area contributed by atoms with Crippen LogP contribution in [0.3, 0.4) is 0 Å². The molecule has 0 aliphatic heterocycles. The summed E-state index contributed by atoms with van der Waals surface area (Å²) in [5.74, 6) is 1.70. The smallest absolute Gasteiger partial charge is 0.0406 e. The zero-order valence-electron chi connectivity index (χ0n) is 12.2. The molecule has 3 atom stereocenters. The van der Waals surface area contributed by atoms with Crippen LogP contribution in [0.4, 0.5) is 0 Å². The van der Waals surface area contributed by atoms with Crippen LogP contribution in [0, 0.1) is 11.8 Å². The average Bonchev–Trinajstić information content (AvgIpc) is 2.83. The molecule has 0 spiro atoms. The first-order chi connectivity index (χ1) is 9.20. The van der Waals surface area contributed by atoms with E-state index < -0.39 is 0 Å². The lowest BCUT2D eigenvalue weighted by atomic mass is 9.86. The van der Waals surface area contributed by atoms with E-state index in [4.69, 9.17) is 11.6 Å². The van der Waals surface area contributed by atoms with Gasteiger partial charge in [0.25, 0.3) is 0 Å². The van der Waals surface area contributed by atoms with E-state index in [1.807, 2.05) is 12.1 Å². The molecule has 1 aromatic rings.